The Morgan fingerprint density at radius 3 is 2.11 bits per heavy atom. The van der Waals surface area contributed by atoms with Crippen molar-refractivity contribution in [1.29, 1.82) is 0 Å². The van der Waals surface area contributed by atoms with Crippen molar-refractivity contribution >= 4 is 17.8 Å². The van der Waals surface area contributed by atoms with Gasteiger partial charge in [-0.05, 0) is 24.5 Å². The molecule has 8 heteroatoms. The molecule has 1 aromatic rings. The first-order chi connectivity index (χ1) is 12.7. The van der Waals surface area contributed by atoms with Crippen molar-refractivity contribution in [2.75, 3.05) is 27.8 Å². The van der Waals surface area contributed by atoms with Gasteiger partial charge in [-0.15, -0.1) is 0 Å². The molecule has 2 amide bonds. The van der Waals surface area contributed by atoms with E-state index in [9.17, 15) is 14.4 Å². The lowest BCUT2D eigenvalue weighted by Gasteiger charge is -2.27. The second-order valence-corrected chi connectivity index (χ2v) is 6.55. The van der Waals surface area contributed by atoms with Crippen molar-refractivity contribution in [3.05, 3.63) is 23.8 Å². The molecule has 0 aromatic heterocycles. The van der Waals surface area contributed by atoms with Crippen LogP contribution in [0, 0.1) is 5.92 Å². The van der Waals surface area contributed by atoms with E-state index in [2.05, 4.69) is 5.32 Å². The molecule has 0 heterocycles. The molecule has 0 radical (unpaired) electrons. The third-order valence-electron chi connectivity index (χ3n) is 4.09. The van der Waals surface area contributed by atoms with Crippen LogP contribution < -0.4 is 14.8 Å². The first-order valence-corrected chi connectivity index (χ1v) is 8.70. The highest BCUT2D eigenvalue weighted by Gasteiger charge is 2.27. The van der Waals surface area contributed by atoms with Crippen LogP contribution in [-0.4, -0.2) is 61.6 Å². The molecule has 0 aliphatic heterocycles. The summed E-state index contributed by atoms with van der Waals surface area (Å²) in [5.74, 6) is -0.792. The predicted octanol–water partition coefficient (Wildman–Crippen LogP) is 1.78. The van der Waals surface area contributed by atoms with Crippen molar-refractivity contribution in [3.63, 3.8) is 0 Å². The number of carboxylic acid groups (broad SMARTS) is 1. The van der Waals surface area contributed by atoms with Crippen LogP contribution in [0.1, 0.15) is 37.0 Å². The summed E-state index contributed by atoms with van der Waals surface area (Å²) in [6, 6.07) is 4.05. The smallest absolute Gasteiger partial charge is 0.303 e. The highest BCUT2D eigenvalue weighted by Crippen LogP contribution is 2.22. The van der Waals surface area contributed by atoms with E-state index in [-0.39, 0.29) is 18.2 Å². The molecule has 1 aromatic carbocycles. The lowest BCUT2D eigenvalue weighted by atomic mass is 10.0. The van der Waals surface area contributed by atoms with Crippen LogP contribution in [0.25, 0.3) is 0 Å². The summed E-state index contributed by atoms with van der Waals surface area (Å²) in [5, 5.41) is 11.5. The quantitative estimate of drug-likeness (QED) is 0.641. The molecule has 0 saturated carbocycles. The number of carboxylic acids is 1. The van der Waals surface area contributed by atoms with E-state index < -0.39 is 17.9 Å². The Labute approximate surface area is 159 Å². The fraction of sp³-hybridized carbons (Fsp3) is 0.526. The minimum Gasteiger partial charge on any atom is -0.497 e. The number of ether oxygens (including phenoxy) is 2. The van der Waals surface area contributed by atoms with Gasteiger partial charge >= 0.3 is 5.97 Å². The van der Waals surface area contributed by atoms with E-state index in [1.807, 2.05) is 13.8 Å². The van der Waals surface area contributed by atoms with Gasteiger partial charge in [-0.25, -0.2) is 0 Å². The van der Waals surface area contributed by atoms with E-state index in [4.69, 9.17) is 14.6 Å². The van der Waals surface area contributed by atoms with Crippen molar-refractivity contribution < 1.29 is 29.0 Å². The van der Waals surface area contributed by atoms with Crippen LogP contribution in [0.15, 0.2) is 18.2 Å². The fourth-order valence-corrected chi connectivity index (χ4v) is 2.49. The molecular formula is C19H28N2O6. The molecule has 27 heavy (non-hydrogen) atoms. The van der Waals surface area contributed by atoms with Gasteiger partial charge in [-0.1, -0.05) is 13.8 Å². The molecule has 2 N–H and O–H groups in total. The molecule has 1 rings (SSSR count). The second-order valence-electron chi connectivity index (χ2n) is 6.55. The number of methoxy groups -OCH3 is 2. The second kappa shape index (κ2) is 10.4. The van der Waals surface area contributed by atoms with Gasteiger partial charge in [0.05, 0.1) is 14.2 Å². The van der Waals surface area contributed by atoms with Crippen LogP contribution in [-0.2, 0) is 9.59 Å². The number of hydrogen-bond acceptors (Lipinski definition) is 5. The Morgan fingerprint density at radius 1 is 1.11 bits per heavy atom. The molecule has 1 unspecified atom stereocenters. The molecule has 0 aliphatic rings. The summed E-state index contributed by atoms with van der Waals surface area (Å²) < 4.78 is 10.3. The van der Waals surface area contributed by atoms with Crippen LogP contribution in [0.4, 0.5) is 0 Å². The number of rotatable bonds is 10. The molecule has 1 atom stereocenters. The number of benzene rings is 1. The lowest BCUT2D eigenvalue weighted by molar-refractivity contribution is -0.138. The van der Waals surface area contributed by atoms with Gasteiger partial charge < -0.3 is 24.8 Å². The fourth-order valence-electron chi connectivity index (χ4n) is 2.49. The summed E-state index contributed by atoms with van der Waals surface area (Å²) in [6.07, 6.45) is 0.337. The molecule has 0 bridgehead atoms. The lowest BCUT2D eigenvalue weighted by Crippen LogP contribution is -2.50. The zero-order valence-electron chi connectivity index (χ0n) is 16.4. The minimum absolute atomic E-state index is 0.0140. The Hall–Kier alpha value is -2.77. The van der Waals surface area contributed by atoms with Gasteiger partial charge in [-0.2, -0.15) is 0 Å². The van der Waals surface area contributed by atoms with Crippen LogP contribution in [0.3, 0.4) is 0 Å². The highest BCUT2D eigenvalue weighted by atomic mass is 16.5. The van der Waals surface area contributed by atoms with Crippen LogP contribution >= 0.6 is 0 Å². The number of hydrogen-bond donors (Lipinski definition) is 2. The molecule has 150 valence electrons. The maximum absolute atomic E-state index is 12.7. The van der Waals surface area contributed by atoms with Gasteiger partial charge in [0, 0.05) is 31.6 Å². The van der Waals surface area contributed by atoms with Crippen molar-refractivity contribution in [2.45, 2.75) is 32.7 Å². The maximum atomic E-state index is 12.7. The van der Waals surface area contributed by atoms with E-state index in [0.717, 1.165) is 0 Å². The van der Waals surface area contributed by atoms with Crippen molar-refractivity contribution in [1.82, 2.24) is 10.2 Å². The summed E-state index contributed by atoms with van der Waals surface area (Å²) in [7, 11) is 4.58. The van der Waals surface area contributed by atoms with Crippen molar-refractivity contribution in [3.8, 4) is 11.5 Å². The van der Waals surface area contributed by atoms with Crippen LogP contribution in [0.5, 0.6) is 11.5 Å². The first-order valence-electron chi connectivity index (χ1n) is 8.70. The number of amides is 2. The Balaban J connectivity index is 2.88. The predicted molar refractivity (Wildman–Crippen MR) is 100 cm³/mol. The largest absolute Gasteiger partial charge is 0.497 e. The number of nitrogens with one attached hydrogen (secondary N) is 1. The Bertz CT molecular complexity index is 652. The van der Waals surface area contributed by atoms with Gasteiger partial charge in [0.15, 0.2) is 0 Å². The Morgan fingerprint density at radius 2 is 1.67 bits per heavy atom. The summed E-state index contributed by atoms with van der Waals surface area (Å²) in [6.45, 7) is 3.97. The third-order valence-corrected chi connectivity index (χ3v) is 4.09. The third kappa shape index (κ3) is 6.80. The highest BCUT2D eigenvalue weighted by molar-refractivity contribution is 5.98. The minimum atomic E-state index is -0.906. The summed E-state index contributed by atoms with van der Waals surface area (Å²) >= 11 is 0. The SMILES string of the molecule is COc1cc(OC)cc(C(=O)NC(C(=O)N(C)CCCC(=O)O)C(C)C)c1. The van der Waals surface area contributed by atoms with Gasteiger partial charge in [-0.3, -0.25) is 14.4 Å². The number of aliphatic carboxylic acids is 1. The summed E-state index contributed by atoms with van der Waals surface area (Å²) in [5.41, 5.74) is 0.318. The molecule has 0 spiro atoms. The normalized spacial score (nSPS) is 11.6. The topological polar surface area (TPSA) is 105 Å². The molecule has 0 saturated heterocycles. The molecule has 8 nitrogen and oxygen atoms in total. The number of carbonyl (C=O) groups excluding carboxylic acids is 2. The zero-order chi connectivity index (χ0) is 20.6. The molecular weight excluding hydrogens is 352 g/mol. The van der Waals surface area contributed by atoms with E-state index >= 15 is 0 Å². The van der Waals surface area contributed by atoms with Gasteiger partial charge in [0.25, 0.3) is 5.91 Å². The monoisotopic (exact) mass is 380 g/mol. The number of likely N-dealkylation sites (N-methyl/N-ethyl adjacent to an activating group) is 1. The standard InChI is InChI=1S/C19H28N2O6/c1-12(2)17(19(25)21(3)8-6-7-16(22)23)20-18(24)13-9-14(26-4)11-15(10-13)27-5/h9-12,17H,6-8H2,1-5H3,(H,20,24)(H,22,23). The molecule has 0 aliphatic carbocycles. The average Bonchev–Trinajstić information content (AvgIpc) is 2.63. The van der Waals surface area contributed by atoms with Gasteiger partial charge in [0.2, 0.25) is 5.91 Å². The van der Waals surface area contributed by atoms with E-state index in [0.29, 0.717) is 30.0 Å². The number of carbonyl (C=O) groups is 3. The first kappa shape index (κ1) is 22.3. The van der Waals surface area contributed by atoms with Gasteiger partial charge in [0.1, 0.15) is 17.5 Å². The van der Waals surface area contributed by atoms with E-state index in [1.165, 1.54) is 19.1 Å². The summed E-state index contributed by atoms with van der Waals surface area (Å²) in [4.78, 5) is 37.4. The maximum Gasteiger partial charge on any atom is 0.303 e. The van der Waals surface area contributed by atoms with Crippen molar-refractivity contribution in [2.24, 2.45) is 5.92 Å². The Kier molecular flexibility index (Phi) is 8.58. The zero-order valence-corrected chi connectivity index (χ0v) is 16.4. The molecule has 0 fully saturated rings. The number of nitrogens with zero attached hydrogens (tertiary/aromatic N) is 1. The average molecular weight is 380 g/mol. The van der Waals surface area contributed by atoms with Crippen LogP contribution in [0.2, 0.25) is 0 Å². The van der Waals surface area contributed by atoms with E-state index in [1.54, 1.807) is 25.2 Å².